The molecule has 3 rings (SSSR count). The molecular formula is C17H24N4O2S. The summed E-state index contributed by atoms with van der Waals surface area (Å²) < 4.78 is 5.24. The second kappa shape index (κ2) is 7.44. The van der Waals surface area contributed by atoms with Gasteiger partial charge in [0, 0.05) is 44.2 Å². The molecule has 0 spiro atoms. The Bertz CT molecular complexity index is 686. The summed E-state index contributed by atoms with van der Waals surface area (Å²) in [5.74, 6) is 0.798. The van der Waals surface area contributed by atoms with E-state index >= 15 is 0 Å². The van der Waals surface area contributed by atoms with Crippen LogP contribution in [0.3, 0.4) is 0 Å². The molecule has 1 saturated heterocycles. The fraction of sp³-hybridized carbons (Fsp3) is 0.588. The molecule has 1 aliphatic heterocycles. The van der Waals surface area contributed by atoms with Crippen molar-refractivity contribution in [1.29, 1.82) is 0 Å². The Labute approximate surface area is 146 Å². The number of thiazole rings is 1. The number of carbonyl (C=O) groups is 1. The number of rotatable bonds is 5. The predicted molar refractivity (Wildman–Crippen MR) is 93.1 cm³/mol. The first-order chi connectivity index (χ1) is 11.5. The topological polar surface area (TPSA) is 62.5 Å². The Kier molecular flexibility index (Phi) is 5.30. The lowest BCUT2D eigenvalue weighted by Gasteiger charge is -2.33. The number of aryl methyl sites for hydroxylation is 1. The highest BCUT2D eigenvalue weighted by molar-refractivity contribution is 7.09. The molecule has 130 valence electrons. The molecule has 7 heteroatoms. The summed E-state index contributed by atoms with van der Waals surface area (Å²) in [7, 11) is 0. The third-order valence-electron chi connectivity index (χ3n) is 4.10. The van der Waals surface area contributed by atoms with Crippen LogP contribution in [0.25, 0.3) is 0 Å². The van der Waals surface area contributed by atoms with Crippen molar-refractivity contribution in [2.45, 2.75) is 33.7 Å². The van der Waals surface area contributed by atoms with Crippen LogP contribution in [-0.4, -0.2) is 52.0 Å². The molecule has 0 bridgehead atoms. The SMILES string of the molecule is Cc1nc(CN2CCN(C(=O)c3cc(CC(C)C)no3)CC2)cs1. The second-order valence-electron chi connectivity index (χ2n) is 6.71. The van der Waals surface area contributed by atoms with E-state index in [0.29, 0.717) is 24.8 Å². The maximum atomic E-state index is 12.5. The molecule has 0 saturated carbocycles. The van der Waals surface area contributed by atoms with Crippen LogP contribution in [0, 0.1) is 12.8 Å². The Morgan fingerprint density at radius 3 is 2.67 bits per heavy atom. The molecule has 0 N–H and O–H groups in total. The average Bonchev–Trinajstić information content (AvgIpc) is 3.16. The highest BCUT2D eigenvalue weighted by atomic mass is 32.1. The molecule has 0 unspecified atom stereocenters. The van der Waals surface area contributed by atoms with Gasteiger partial charge in [0.15, 0.2) is 0 Å². The maximum Gasteiger partial charge on any atom is 0.292 e. The van der Waals surface area contributed by atoms with E-state index in [1.165, 1.54) is 0 Å². The zero-order chi connectivity index (χ0) is 17.1. The van der Waals surface area contributed by atoms with Gasteiger partial charge in [0.2, 0.25) is 5.76 Å². The van der Waals surface area contributed by atoms with E-state index in [0.717, 1.165) is 42.5 Å². The molecule has 1 fully saturated rings. The lowest BCUT2D eigenvalue weighted by molar-refractivity contribution is 0.0587. The van der Waals surface area contributed by atoms with Crippen molar-refractivity contribution >= 4 is 17.2 Å². The molecule has 1 amide bonds. The molecule has 0 atom stereocenters. The number of aromatic nitrogens is 2. The standard InChI is InChI=1S/C17H24N4O2S/c1-12(2)8-14-9-16(23-19-14)17(22)21-6-4-20(5-7-21)10-15-11-24-13(3)18-15/h9,11-12H,4-8,10H2,1-3H3. The maximum absolute atomic E-state index is 12.5. The number of carbonyl (C=O) groups excluding carboxylic acids is 1. The van der Waals surface area contributed by atoms with Crippen LogP contribution >= 0.6 is 11.3 Å². The predicted octanol–water partition coefficient (Wildman–Crippen LogP) is 2.60. The first-order valence-corrected chi connectivity index (χ1v) is 9.27. The number of nitrogens with zero attached hydrogens (tertiary/aromatic N) is 4. The molecule has 0 aromatic carbocycles. The highest BCUT2D eigenvalue weighted by Gasteiger charge is 2.25. The van der Waals surface area contributed by atoms with Gasteiger partial charge < -0.3 is 9.42 Å². The number of hydrogen-bond donors (Lipinski definition) is 0. The zero-order valence-corrected chi connectivity index (χ0v) is 15.3. The Balaban J connectivity index is 1.52. The molecule has 0 radical (unpaired) electrons. The third-order valence-corrected chi connectivity index (χ3v) is 4.92. The lowest BCUT2D eigenvalue weighted by Crippen LogP contribution is -2.48. The van der Waals surface area contributed by atoms with Crippen molar-refractivity contribution < 1.29 is 9.32 Å². The van der Waals surface area contributed by atoms with Crippen LogP contribution in [0.1, 0.15) is 40.8 Å². The molecule has 24 heavy (non-hydrogen) atoms. The largest absolute Gasteiger partial charge is 0.351 e. The summed E-state index contributed by atoms with van der Waals surface area (Å²) in [5.41, 5.74) is 1.97. The average molecular weight is 348 g/mol. The molecule has 0 aliphatic carbocycles. The summed E-state index contributed by atoms with van der Waals surface area (Å²) >= 11 is 1.68. The van der Waals surface area contributed by atoms with Gasteiger partial charge in [0.1, 0.15) is 0 Å². The Hall–Kier alpha value is -1.73. The van der Waals surface area contributed by atoms with Gasteiger partial charge in [-0.05, 0) is 19.3 Å². The van der Waals surface area contributed by atoms with Crippen LogP contribution < -0.4 is 0 Å². The highest BCUT2D eigenvalue weighted by Crippen LogP contribution is 2.15. The minimum Gasteiger partial charge on any atom is -0.351 e. The van der Waals surface area contributed by atoms with E-state index in [2.05, 4.69) is 34.3 Å². The normalized spacial score (nSPS) is 16.1. The zero-order valence-electron chi connectivity index (χ0n) is 14.5. The summed E-state index contributed by atoms with van der Waals surface area (Å²) in [4.78, 5) is 21.2. The van der Waals surface area contributed by atoms with Gasteiger partial charge in [0.25, 0.3) is 5.91 Å². The van der Waals surface area contributed by atoms with Crippen LogP contribution in [0.15, 0.2) is 16.0 Å². The second-order valence-corrected chi connectivity index (χ2v) is 7.77. The summed E-state index contributed by atoms with van der Waals surface area (Å²) in [6.07, 6.45) is 0.831. The van der Waals surface area contributed by atoms with Crippen molar-refractivity contribution in [3.05, 3.63) is 33.6 Å². The van der Waals surface area contributed by atoms with Gasteiger partial charge in [-0.2, -0.15) is 0 Å². The van der Waals surface area contributed by atoms with Crippen LogP contribution in [0.4, 0.5) is 0 Å². The van der Waals surface area contributed by atoms with Crippen LogP contribution in [-0.2, 0) is 13.0 Å². The van der Waals surface area contributed by atoms with E-state index in [9.17, 15) is 4.79 Å². The lowest BCUT2D eigenvalue weighted by atomic mass is 10.1. The number of amides is 1. The monoisotopic (exact) mass is 348 g/mol. The van der Waals surface area contributed by atoms with Crippen molar-refractivity contribution in [3.63, 3.8) is 0 Å². The number of hydrogen-bond acceptors (Lipinski definition) is 6. The Morgan fingerprint density at radius 2 is 2.04 bits per heavy atom. The minimum atomic E-state index is -0.0540. The number of piperazine rings is 1. The van der Waals surface area contributed by atoms with Crippen molar-refractivity contribution in [2.24, 2.45) is 5.92 Å². The van der Waals surface area contributed by atoms with Gasteiger partial charge >= 0.3 is 0 Å². The smallest absolute Gasteiger partial charge is 0.292 e. The van der Waals surface area contributed by atoms with E-state index in [-0.39, 0.29) is 5.91 Å². The molecule has 2 aromatic rings. The van der Waals surface area contributed by atoms with Crippen molar-refractivity contribution in [3.8, 4) is 0 Å². The Morgan fingerprint density at radius 1 is 1.29 bits per heavy atom. The quantitative estimate of drug-likeness (QED) is 0.831. The minimum absolute atomic E-state index is 0.0540. The first-order valence-electron chi connectivity index (χ1n) is 8.39. The summed E-state index contributed by atoms with van der Waals surface area (Å²) in [6.45, 7) is 10.3. The summed E-state index contributed by atoms with van der Waals surface area (Å²) in [5, 5.41) is 7.21. The fourth-order valence-electron chi connectivity index (χ4n) is 2.90. The van der Waals surface area contributed by atoms with E-state index in [1.54, 1.807) is 17.4 Å². The van der Waals surface area contributed by atoms with E-state index in [1.807, 2.05) is 11.8 Å². The van der Waals surface area contributed by atoms with Gasteiger partial charge in [-0.1, -0.05) is 19.0 Å². The molecule has 2 aromatic heterocycles. The molecule has 6 nitrogen and oxygen atoms in total. The fourth-order valence-corrected chi connectivity index (χ4v) is 3.51. The first kappa shape index (κ1) is 17.1. The third kappa shape index (κ3) is 4.21. The van der Waals surface area contributed by atoms with Crippen LogP contribution in [0.5, 0.6) is 0 Å². The van der Waals surface area contributed by atoms with E-state index < -0.39 is 0 Å². The molecule has 3 heterocycles. The van der Waals surface area contributed by atoms with Gasteiger partial charge in [-0.15, -0.1) is 11.3 Å². The molecule has 1 aliphatic rings. The van der Waals surface area contributed by atoms with Crippen molar-refractivity contribution in [2.75, 3.05) is 26.2 Å². The molecular weight excluding hydrogens is 324 g/mol. The van der Waals surface area contributed by atoms with Crippen LogP contribution in [0.2, 0.25) is 0 Å². The van der Waals surface area contributed by atoms with Crippen molar-refractivity contribution in [1.82, 2.24) is 19.9 Å². The summed E-state index contributed by atoms with van der Waals surface area (Å²) in [6, 6.07) is 1.78. The van der Waals surface area contributed by atoms with Gasteiger partial charge in [-0.25, -0.2) is 4.98 Å². The van der Waals surface area contributed by atoms with Gasteiger partial charge in [-0.3, -0.25) is 9.69 Å². The van der Waals surface area contributed by atoms with Gasteiger partial charge in [0.05, 0.1) is 16.4 Å². The van der Waals surface area contributed by atoms with E-state index in [4.69, 9.17) is 4.52 Å².